The summed E-state index contributed by atoms with van der Waals surface area (Å²) in [7, 11) is 0. The van der Waals surface area contributed by atoms with Crippen molar-refractivity contribution >= 4 is 35.0 Å². The second kappa shape index (κ2) is 13.3. The van der Waals surface area contributed by atoms with Gasteiger partial charge in [-0.25, -0.2) is 0 Å². The number of aryl methyl sites for hydroxylation is 1. The Morgan fingerprint density at radius 1 is 0.857 bits per heavy atom. The fourth-order valence-corrected chi connectivity index (χ4v) is 4.32. The first-order valence-electron chi connectivity index (χ1n) is 12.0. The Labute approximate surface area is 218 Å². The number of hydrogen-bond acceptors (Lipinski definition) is 2. The Morgan fingerprint density at radius 3 is 2.03 bits per heavy atom. The maximum atomic E-state index is 13.7. The molecule has 0 radical (unpaired) electrons. The van der Waals surface area contributed by atoms with Crippen LogP contribution in [0.15, 0.2) is 78.9 Å². The van der Waals surface area contributed by atoms with Gasteiger partial charge in [-0.1, -0.05) is 96.9 Å². The van der Waals surface area contributed by atoms with Gasteiger partial charge in [0, 0.05) is 35.5 Å². The Bertz CT molecular complexity index is 1120. The van der Waals surface area contributed by atoms with Crippen molar-refractivity contribution in [3.05, 3.63) is 106 Å². The Balaban J connectivity index is 1.93. The second-order valence-corrected chi connectivity index (χ2v) is 9.54. The van der Waals surface area contributed by atoms with Crippen LogP contribution in [-0.2, 0) is 29.0 Å². The van der Waals surface area contributed by atoms with E-state index in [1.54, 1.807) is 11.0 Å². The molecule has 0 heterocycles. The average Bonchev–Trinajstić information content (AvgIpc) is 2.87. The quantitative estimate of drug-likeness (QED) is 0.320. The van der Waals surface area contributed by atoms with Gasteiger partial charge in [-0.3, -0.25) is 9.59 Å². The van der Waals surface area contributed by atoms with Gasteiger partial charge in [-0.15, -0.1) is 0 Å². The van der Waals surface area contributed by atoms with E-state index in [4.69, 9.17) is 23.2 Å². The van der Waals surface area contributed by atoms with Crippen LogP contribution in [-0.4, -0.2) is 28.8 Å². The van der Waals surface area contributed by atoms with Crippen LogP contribution in [0.5, 0.6) is 0 Å². The smallest absolute Gasteiger partial charge is 0.243 e. The number of carbonyl (C=O) groups excluding carboxylic acids is 2. The minimum atomic E-state index is -0.679. The maximum Gasteiger partial charge on any atom is 0.243 e. The third-order valence-corrected chi connectivity index (χ3v) is 6.87. The highest BCUT2D eigenvalue weighted by Crippen LogP contribution is 2.23. The summed E-state index contributed by atoms with van der Waals surface area (Å²) in [4.78, 5) is 28.9. The molecule has 0 spiro atoms. The number of halogens is 2. The molecule has 35 heavy (non-hydrogen) atoms. The molecule has 0 unspecified atom stereocenters. The van der Waals surface area contributed by atoms with Gasteiger partial charge in [-0.05, 0) is 48.6 Å². The Kier molecular flexibility index (Phi) is 10.2. The zero-order chi connectivity index (χ0) is 25.2. The first-order valence-corrected chi connectivity index (χ1v) is 12.7. The summed E-state index contributed by atoms with van der Waals surface area (Å²) in [5, 5.41) is 4.28. The van der Waals surface area contributed by atoms with Gasteiger partial charge in [0.1, 0.15) is 6.04 Å². The fourth-order valence-electron chi connectivity index (χ4n) is 3.89. The predicted octanol–water partition coefficient (Wildman–Crippen LogP) is 6.48. The van der Waals surface area contributed by atoms with Crippen LogP contribution < -0.4 is 5.32 Å². The molecule has 1 N–H and O–H groups in total. The zero-order valence-electron chi connectivity index (χ0n) is 20.2. The molecule has 0 aliphatic rings. The van der Waals surface area contributed by atoms with Crippen molar-refractivity contribution in [1.82, 2.24) is 10.2 Å². The Hall–Kier alpha value is -2.82. The number of rotatable bonds is 11. The third kappa shape index (κ3) is 7.84. The number of nitrogens with one attached hydrogen (secondary N) is 1. The van der Waals surface area contributed by atoms with Crippen molar-refractivity contribution in [1.29, 1.82) is 0 Å². The molecular formula is C29H32Cl2N2O2. The van der Waals surface area contributed by atoms with E-state index >= 15 is 0 Å². The van der Waals surface area contributed by atoms with E-state index in [-0.39, 0.29) is 30.8 Å². The topological polar surface area (TPSA) is 49.4 Å². The van der Waals surface area contributed by atoms with Crippen molar-refractivity contribution in [2.75, 3.05) is 0 Å². The largest absolute Gasteiger partial charge is 0.352 e. The lowest BCUT2D eigenvalue weighted by atomic mass is 10.0. The summed E-state index contributed by atoms with van der Waals surface area (Å²) in [6, 6.07) is 24.0. The molecule has 4 nitrogen and oxygen atoms in total. The van der Waals surface area contributed by atoms with Gasteiger partial charge >= 0.3 is 0 Å². The van der Waals surface area contributed by atoms with Crippen LogP contribution >= 0.6 is 23.2 Å². The van der Waals surface area contributed by atoms with Crippen LogP contribution in [0.4, 0.5) is 0 Å². The van der Waals surface area contributed by atoms with Gasteiger partial charge in [0.25, 0.3) is 0 Å². The zero-order valence-corrected chi connectivity index (χ0v) is 21.7. The maximum absolute atomic E-state index is 13.7. The monoisotopic (exact) mass is 510 g/mol. The van der Waals surface area contributed by atoms with Crippen LogP contribution in [0.25, 0.3) is 0 Å². The van der Waals surface area contributed by atoms with Gasteiger partial charge in [0.2, 0.25) is 11.8 Å². The summed E-state index contributed by atoms with van der Waals surface area (Å²) < 4.78 is 0. The summed E-state index contributed by atoms with van der Waals surface area (Å²) in [6.45, 7) is 4.23. The molecule has 0 saturated heterocycles. The molecule has 0 saturated carbocycles. The predicted molar refractivity (Wildman–Crippen MR) is 144 cm³/mol. The normalized spacial score (nSPS) is 12.6. The minimum Gasteiger partial charge on any atom is -0.352 e. The molecule has 0 bridgehead atoms. The molecule has 3 rings (SSSR count). The van der Waals surface area contributed by atoms with Crippen LogP contribution in [0.2, 0.25) is 10.0 Å². The second-order valence-electron chi connectivity index (χ2n) is 8.73. The highest BCUT2D eigenvalue weighted by molar-refractivity contribution is 6.31. The van der Waals surface area contributed by atoms with E-state index in [0.29, 0.717) is 22.9 Å². The SMILES string of the molecule is CC[C@@H](C)NC(=O)[C@H](Cc1ccccc1)N(Cc1ccccc1Cl)C(=O)CCc1ccccc1Cl. The molecular weight excluding hydrogens is 479 g/mol. The van der Waals surface area contributed by atoms with E-state index in [1.807, 2.05) is 86.6 Å². The molecule has 0 aliphatic heterocycles. The number of hydrogen-bond donors (Lipinski definition) is 1. The molecule has 3 aromatic carbocycles. The molecule has 2 atom stereocenters. The molecule has 3 aromatic rings. The number of nitrogens with zero attached hydrogens (tertiary/aromatic N) is 1. The van der Waals surface area contributed by atoms with Gasteiger partial charge in [0.15, 0.2) is 0 Å². The van der Waals surface area contributed by atoms with Crippen LogP contribution in [0, 0.1) is 0 Å². The third-order valence-electron chi connectivity index (χ3n) is 6.14. The van der Waals surface area contributed by atoms with E-state index in [2.05, 4.69) is 5.32 Å². The van der Waals surface area contributed by atoms with Gasteiger partial charge in [-0.2, -0.15) is 0 Å². The minimum absolute atomic E-state index is 0.00108. The fraction of sp³-hybridized carbons (Fsp3) is 0.310. The van der Waals surface area contributed by atoms with Gasteiger partial charge < -0.3 is 10.2 Å². The van der Waals surface area contributed by atoms with Crippen molar-refractivity contribution in [3.63, 3.8) is 0 Å². The van der Waals surface area contributed by atoms with E-state index < -0.39 is 6.04 Å². The average molecular weight is 511 g/mol. The Morgan fingerprint density at radius 2 is 1.43 bits per heavy atom. The molecule has 0 fully saturated rings. The first kappa shape index (κ1) is 26.8. The first-order chi connectivity index (χ1) is 16.9. The number of amides is 2. The molecule has 0 aromatic heterocycles. The van der Waals surface area contributed by atoms with Gasteiger partial charge in [0.05, 0.1) is 0 Å². The molecule has 0 aliphatic carbocycles. The van der Waals surface area contributed by atoms with E-state index in [0.717, 1.165) is 23.1 Å². The van der Waals surface area contributed by atoms with E-state index in [9.17, 15) is 9.59 Å². The highest BCUT2D eigenvalue weighted by Gasteiger charge is 2.31. The van der Waals surface area contributed by atoms with Crippen LogP contribution in [0.3, 0.4) is 0 Å². The lowest BCUT2D eigenvalue weighted by molar-refractivity contribution is -0.141. The van der Waals surface area contributed by atoms with Crippen molar-refractivity contribution < 1.29 is 9.59 Å². The number of carbonyl (C=O) groups is 2. The summed E-state index contributed by atoms with van der Waals surface area (Å²) in [5.74, 6) is -0.286. The van der Waals surface area contributed by atoms with E-state index in [1.165, 1.54) is 0 Å². The summed E-state index contributed by atoms with van der Waals surface area (Å²) >= 11 is 12.8. The van der Waals surface area contributed by atoms with Crippen molar-refractivity contribution in [3.8, 4) is 0 Å². The number of benzene rings is 3. The summed E-state index contributed by atoms with van der Waals surface area (Å²) in [5.41, 5.74) is 2.69. The van der Waals surface area contributed by atoms with Crippen molar-refractivity contribution in [2.45, 2.75) is 58.2 Å². The standard InChI is InChI=1S/C29H32Cl2N2O2/c1-3-21(2)32-29(35)27(19-22-11-5-4-6-12-22)33(20-24-14-8-10-16-26(24)31)28(34)18-17-23-13-7-9-15-25(23)30/h4-16,21,27H,3,17-20H2,1-2H3,(H,32,35)/t21-,27+/m1/s1. The molecule has 6 heteroatoms. The summed E-state index contributed by atoms with van der Waals surface area (Å²) in [6.07, 6.45) is 1.93. The molecule has 184 valence electrons. The van der Waals surface area contributed by atoms with Crippen molar-refractivity contribution in [2.24, 2.45) is 0 Å². The lowest BCUT2D eigenvalue weighted by Crippen LogP contribution is -2.52. The van der Waals surface area contributed by atoms with Crippen LogP contribution in [0.1, 0.15) is 43.4 Å². The molecule has 2 amide bonds. The highest BCUT2D eigenvalue weighted by atomic mass is 35.5. The lowest BCUT2D eigenvalue weighted by Gasteiger charge is -2.32.